The standard InChI is InChI=1S/C16H23N5S.Fe/c1-11-3-8-15(19-17-11)12(2)18-20-16(22)21-9-13-4-5-14(10-21)7-6-13;/h3,8,13-14H,4-7,9-10H2,1-2H3,(H,20,22);/p-1/b18-12+;. The molecule has 2 bridgehead atoms. The number of aryl methyl sites for hydroxylation is 1. The molecular weight excluding hydrogens is 350 g/mol. The third-order valence-electron chi connectivity index (χ3n) is 4.65. The van der Waals surface area contributed by atoms with Gasteiger partial charge < -0.3 is 17.5 Å². The SMILES string of the molecule is C/C(=N\N=C(/[S-])N1CC2CCC(CC2)C1)c1ccc(C)nn1.[Fe]. The Balaban J connectivity index is 0.00000192. The van der Waals surface area contributed by atoms with Gasteiger partial charge in [0.2, 0.25) is 0 Å². The van der Waals surface area contributed by atoms with E-state index in [0.717, 1.165) is 42.0 Å². The number of rotatable bonds is 2. The van der Waals surface area contributed by atoms with Crippen molar-refractivity contribution in [1.82, 2.24) is 15.1 Å². The zero-order chi connectivity index (χ0) is 15.5. The number of nitrogens with zero attached hydrogens (tertiary/aromatic N) is 5. The third kappa shape index (κ3) is 4.72. The fraction of sp³-hybridized carbons (Fsp3) is 0.625. The van der Waals surface area contributed by atoms with Crippen LogP contribution < -0.4 is 0 Å². The molecule has 2 aliphatic heterocycles. The van der Waals surface area contributed by atoms with Crippen LogP contribution in [0.1, 0.15) is 44.0 Å². The van der Waals surface area contributed by atoms with Crippen LogP contribution in [0.3, 0.4) is 0 Å². The van der Waals surface area contributed by atoms with Gasteiger partial charge in [0, 0.05) is 35.3 Å². The molecule has 0 amide bonds. The van der Waals surface area contributed by atoms with Crippen LogP contribution in [0.15, 0.2) is 22.3 Å². The first-order valence-electron chi connectivity index (χ1n) is 7.96. The Labute approximate surface area is 153 Å². The van der Waals surface area contributed by atoms with Crippen LogP contribution in [0.25, 0.3) is 0 Å². The second kappa shape index (κ2) is 8.17. The topological polar surface area (TPSA) is 53.7 Å². The zero-order valence-electron chi connectivity index (χ0n) is 13.5. The summed E-state index contributed by atoms with van der Waals surface area (Å²) in [6, 6.07) is 3.83. The summed E-state index contributed by atoms with van der Waals surface area (Å²) in [6.45, 7) is 5.88. The van der Waals surface area contributed by atoms with Gasteiger partial charge in [0.15, 0.2) is 0 Å². The van der Waals surface area contributed by atoms with Gasteiger partial charge in [-0.25, -0.2) is 0 Å². The molecule has 3 fully saturated rings. The van der Waals surface area contributed by atoms with Gasteiger partial charge in [0.1, 0.15) is 5.69 Å². The molecule has 5 nitrogen and oxygen atoms in total. The average molecular weight is 372 g/mol. The molecule has 126 valence electrons. The Kier molecular flexibility index (Phi) is 6.50. The van der Waals surface area contributed by atoms with Crippen molar-refractivity contribution in [3.63, 3.8) is 0 Å². The Morgan fingerprint density at radius 3 is 2.22 bits per heavy atom. The molecule has 0 radical (unpaired) electrons. The van der Waals surface area contributed by atoms with E-state index in [9.17, 15) is 0 Å². The first kappa shape index (κ1) is 18.3. The number of fused-ring (bicyclic) bond motifs is 4. The summed E-state index contributed by atoms with van der Waals surface area (Å²) in [6.07, 6.45) is 5.35. The molecule has 1 saturated carbocycles. The molecule has 1 aromatic heterocycles. The summed E-state index contributed by atoms with van der Waals surface area (Å²) in [5, 5.41) is 17.3. The predicted molar refractivity (Wildman–Crippen MR) is 90.8 cm³/mol. The van der Waals surface area contributed by atoms with Crippen molar-refractivity contribution in [1.29, 1.82) is 0 Å². The van der Waals surface area contributed by atoms with Crippen LogP contribution in [0.5, 0.6) is 0 Å². The van der Waals surface area contributed by atoms with Crippen molar-refractivity contribution in [3.05, 3.63) is 23.5 Å². The smallest absolute Gasteiger partial charge is 0.109 e. The van der Waals surface area contributed by atoms with Crippen LogP contribution in [-0.2, 0) is 29.7 Å². The van der Waals surface area contributed by atoms with Gasteiger partial charge >= 0.3 is 0 Å². The largest absolute Gasteiger partial charge is 0.741 e. The second-order valence-electron chi connectivity index (χ2n) is 6.42. The maximum absolute atomic E-state index is 5.47. The van der Waals surface area contributed by atoms with E-state index >= 15 is 0 Å². The Bertz CT molecular complexity index is 565. The fourth-order valence-corrected chi connectivity index (χ4v) is 3.46. The summed E-state index contributed by atoms with van der Waals surface area (Å²) in [5.41, 5.74) is 2.38. The number of hydrogen-bond donors (Lipinski definition) is 0. The average Bonchev–Trinajstić information content (AvgIpc) is 2.86. The summed E-state index contributed by atoms with van der Waals surface area (Å²) in [7, 11) is 0. The van der Waals surface area contributed by atoms with Gasteiger partial charge in [0.25, 0.3) is 0 Å². The first-order valence-corrected chi connectivity index (χ1v) is 8.37. The van der Waals surface area contributed by atoms with Crippen LogP contribution in [0.2, 0.25) is 0 Å². The third-order valence-corrected chi connectivity index (χ3v) is 4.99. The molecular formula is C16H22FeN5S-. The molecule has 0 spiro atoms. The number of amidine groups is 1. The van der Waals surface area contributed by atoms with Gasteiger partial charge in [-0.05, 0) is 63.5 Å². The molecule has 1 aromatic rings. The maximum atomic E-state index is 5.47. The van der Waals surface area contributed by atoms with Crippen molar-refractivity contribution in [2.24, 2.45) is 22.0 Å². The van der Waals surface area contributed by atoms with Crippen LogP contribution in [-0.4, -0.2) is 39.1 Å². The summed E-state index contributed by atoms with van der Waals surface area (Å²) < 4.78 is 0. The molecule has 3 heterocycles. The minimum absolute atomic E-state index is 0. The van der Waals surface area contributed by atoms with Crippen LogP contribution >= 0.6 is 0 Å². The summed E-state index contributed by atoms with van der Waals surface area (Å²) in [4.78, 5) is 2.24. The van der Waals surface area contributed by atoms with E-state index in [1.807, 2.05) is 26.0 Å². The zero-order valence-corrected chi connectivity index (χ0v) is 15.5. The quantitative estimate of drug-likeness (QED) is 0.263. The van der Waals surface area contributed by atoms with Crippen molar-refractivity contribution in [2.75, 3.05) is 13.1 Å². The molecule has 2 saturated heterocycles. The van der Waals surface area contributed by atoms with E-state index < -0.39 is 0 Å². The molecule has 0 aromatic carbocycles. The van der Waals surface area contributed by atoms with E-state index in [1.54, 1.807) is 0 Å². The molecule has 0 unspecified atom stereocenters. The molecule has 23 heavy (non-hydrogen) atoms. The van der Waals surface area contributed by atoms with Crippen molar-refractivity contribution >= 4 is 23.5 Å². The van der Waals surface area contributed by atoms with Gasteiger partial charge in [-0.2, -0.15) is 15.3 Å². The van der Waals surface area contributed by atoms with Crippen LogP contribution in [0.4, 0.5) is 0 Å². The minimum Gasteiger partial charge on any atom is -0.741 e. The van der Waals surface area contributed by atoms with Gasteiger partial charge in [-0.1, -0.05) is 0 Å². The minimum atomic E-state index is 0. The van der Waals surface area contributed by atoms with Crippen LogP contribution in [0, 0.1) is 18.8 Å². The molecule has 4 rings (SSSR count). The molecule has 7 heteroatoms. The normalized spacial score (nSPS) is 25.0. The Hall–Kier alpha value is -1.04. The predicted octanol–water partition coefficient (Wildman–Crippen LogP) is 2.53. The number of aromatic nitrogens is 2. The fourth-order valence-electron chi connectivity index (χ4n) is 3.27. The van der Waals surface area contributed by atoms with Gasteiger partial charge in [0.05, 0.1) is 11.4 Å². The van der Waals surface area contributed by atoms with E-state index in [2.05, 4.69) is 25.3 Å². The van der Waals surface area contributed by atoms with Crippen molar-refractivity contribution in [2.45, 2.75) is 39.5 Å². The summed E-state index contributed by atoms with van der Waals surface area (Å²) in [5.74, 6) is 1.56. The van der Waals surface area contributed by atoms with Gasteiger partial charge in [-0.3, -0.25) is 0 Å². The van der Waals surface area contributed by atoms with E-state index in [0.29, 0.717) is 5.17 Å². The van der Waals surface area contributed by atoms with Crippen molar-refractivity contribution in [3.8, 4) is 0 Å². The monoisotopic (exact) mass is 372 g/mol. The second-order valence-corrected chi connectivity index (χ2v) is 6.78. The van der Waals surface area contributed by atoms with E-state index in [4.69, 9.17) is 12.6 Å². The number of hydrogen-bond acceptors (Lipinski definition) is 5. The molecule has 1 aliphatic carbocycles. The first-order chi connectivity index (χ1) is 10.6. The summed E-state index contributed by atoms with van der Waals surface area (Å²) >= 11 is 5.47. The van der Waals surface area contributed by atoms with E-state index in [-0.39, 0.29) is 17.1 Å². The molecule has 0 N–H and O–H groups in total. The molecule has 0 atom stereocenters. The Morgan fingerprint density at radius 2 is 1.70 bits per heavy atom. The maximum Gasteiger partial charge on any atom is 0.109 e. The van der Waals surface area contributed by atoms with E-state index in [1.165, 1.54) is 25.7 Å². The van der Waals surface area contributed by atoms with Crippen molar-refractivity contribution < 1.29 is 17.1 Å². The van der Waals surface area contributed by atoms with Gasteiger partial charge in [-0.15, -0.1) is 5.10 Å². The Morgan fingerprint density at radius 1 is 1.09 bits per heavy atom. The molecule has 3 aliphatic rings.